The van der Waals surface area contributed by atoms with Crippen LogP contribution in [-0.2, 0) is 12.7 Å². The first kappa shape index (κ1) is 32.9. The van der Waals surface area contributed by atoms with Gasteiger partial charge in [-0.05, 0) is 56.3 Å². The number of rotatable bonds is 7. The number of hydrogen-bond donors (Lipinski definition) is 1. The van der Waals surface area contributed by atoms with Gasteiger partial charge in [-0.25, -0.2) is 14.8 Å². The number of hydrogen-bond acceptors (Lipinski definition) is 8. The van der Waals surface area contributed by atoms with E-state index in [1.165, 1.54) is 40.3 Å². The molecule has 0 saturated carbocycles. The Bertz CT molecular complexity index is 2390. The number of aromatic carboxylic acids is 1. The third-order valence-corrected chi connectivity index (χ3v) is 9.02. The zero-order valence-corrected chi connectivity index (χ0v) is 27.1. The van der Waals surface area contributed by atoms with Crippen LogP contribution >= 0.6 is 34.5 Å². The van der Waals surface area contributed by atoms with Gasteiger partial charge in [-0.2, -0.15) is 18.4 Å². The van der Waals surface area contributed by atoms with Crippen LogP contribution in [0.5, 0.6) is 5.75 Å². The highest BCUT2D eigenvalue weighted by Crippen LogP contribution is 2.42. The summed E-state index contributed by atoms with van der Waals surface area (Å²) in [4.78, 5) is 38.2. The molecule has 4 heterocycles. The van der Waals surface area contributed by atoms with Gasteiger partial charge in [0.25, 0.3) is 5.56 Å². The molecule has 0 unspecified atom stereocenters. The van der Waals surface area contributed by atoms with Crippen LogP contribution in [0.4, 0.5) is 13.2 Å². The Morgan fingerprint density at radius 3 is 2.54 bits per heavy atom. The van der Waals surface area contributed by atoms with Crippen molar-refractivity contribution in [2.45, 2.75) is 26.6 Å². The molecule has 1 N–H and O–H groups in total. The Labute approximate surface area is 283 Å². The van der Waals surface area contributed by atoms with E-state index in [4.69, 9.17) is 27.9 Å². The van der Waals surface area contributed by atoms with Gasteiger partial charge < -0.3 is 9.84 Å². The molecule has 0 atom stereocenters. The van der Waals surface area contributed by atoms with E-state index in [-0.39, 0.29) is 46.2 Å². The molecule has 48 heavy (non-hydrogen) atoms. The van der Waals surface area contributed by atoms with Gasteiger partial charge in [0.2, 0.25) is 0 Å². The Balaban J connectivity index is 1.41. The fourth-order valence-corrected chi connectivity index (χ4v) is 6.78. The summed E-state index contributed by atoms with van der Waals surface area (Å²) in [6.45, 7) is 3.04. The maximum Gasteiger partial charge on any atom is 0.417 e. The molecule has 15 heteroatoms. The predicted octanol–water partition coefficient (Wildman–Crippen LogP) is 8.33. The molecule has 0 amide bonds. The molecular weight excluding hydrogens is 690 g/mol. The highest BCUT2D eigenvalue weighted by molar-refractivity contribution is 7.18. The lowest BCUT2D eigenvalue weighted by Gasteiger charge is -2.18. The topological polar surface area (TPSA) is 131 Å². The van der Waals surface area contributed by atoms with E-state index in [0.29, 0.717) is 37.8 Å². The van der Waals surface area contributed by atoms with Crippen LogP contribution in [0.25, 0.3) is 43.4 Å². The van der Waals surface area contributed by atoms with Crippen molar-refractivity contribution in [1.82, 2.24) is 19.5 Å². The van der Waals surface area contributed by atoms with E-state index in [0.717, 1.165) is 12.3 Å². The van der Waals surface area contributed by atoms with Crippen molar-refractivity contribution in [2.75, 3.05) is 6.61 Å². The number of aryl methyl sites for hydroxylation is 2. The van der Waals surface area contributed by atoms with Gasteiger partial charge in [0.05, 0.1) is 44.4 Å². The van der Waals surface area contributed by atoms with Crippen LogP contribution in [0.3, 0.4) is 0 Å². The third kappa shape index (κ3) is 5.94. The highest BCUT2D eigenvalue weighted by Gasteiger charge is 2.37. The number of carbonyl (C=O) groups is 1. The molecule has 2 aromatic carbocycles. The van der Waals surface area contributed by atoms with E-state index in [1.54, 1.807) is 37.3 Å². The van der Waals surface area contributed by atoms with Gasteiger partial charge in [-0.15, -0.1) is 11.3 Å². The molecule has 6 rings (SSSR count). The largest absolute Gasteiger partial charge is 0.491 e. The summed E-state index contributed by atoms with van der Waals surface area (Å²) in [7, 11) is 0. The quantitative estimate of drug-likeness (QED) is 0.164. The van der Waals surface area contributed by atoms with Crippen LogP contribution in [0.15, 0.2) is 58.8 Å². The molecular formula is C33H20Cl2F3N5O4S. The van der Waals surface area contributed by atoms with Gasteiger partial charge in [0.1, 0.15) is 29.4 Å². The lowest BCUT2D eigenvalue weighted by atomic mass is 9.92. The van der Waals surface area contributed by atoms with E-state index < -0.39 is 34.4 Å². The molecule has 0 fully saturated rings. The minimum absolute atomic E-state index is 0.0407. The Hall–Kier alpha value is -5.03. The number of nitriles is 1. The minimum atomic E-state index is -4.87. The first-order chi connectivity index (χ1) is 22.8. The molecule has 0 aliphatic carbocycles. The number of fused-ring (bicyclic) bond motifs is 2. The normalized spacial score (nSPS) is 11.6. The van der Waals surface area contributed by atoms with Gasteiger partial charge in [0.15, 0.2) is 0 Å². The number of nitrogens with zero attached hydrogens (tertiary/aromatic N) is 5. The molecule has 4 aromatic heterocycles. The molecule has 242 valence electrons. The van der Waals surface area contributed by atoms with Gasteiger partial charge in [0, 0.05) is 44.5 Å². The van der Waals surface area contributed by atoms with Gasteiger partial charge in [-0.1, -0.05) is 23.2 Å². The van der Waals surface area contributed by atoms with Crippen LogP contribution in [0.1, 0.15) is 33.0 Å². The van der Waals surface area contributed by atoms with Crippen molar-refractivity contribution in [2.24, 2.45) is 0 Å². The van der Waals surface area contributed by atoms with Crippen molar-refractivity contribution in [1.29, 1.82) is 5.26 Å². The second kappa shape index (κ2) is 12.5. The smallest absolute Gasteiger partial charge is 0.417 e. The Morgan fingerprint density at radius 1 is 1.10 bits per heavy atom. The number of carboxylic acid groups (broad SMARTS) is 1. The number of thiophene rings is 1. The molecule has 0 aliphatic rings. The summed E-state index contributed by atoms with van der Waals surface area (Å²) in [5.41, 5.74) is -1.01. The maximum atomic E-state index is 14.3. The number of alkyl halides is 3. The van der Waals surface area contributed by atoms with Crippen LogP contribution in [-0.4, -0.2) is 37.2 Å². The molecule has 9 nitrogen and oxygen atoms in total. The van der Waals surface area contributed by atoms with Crippen LogP contribution in [0.2, 0.25) is 10.2 Å². The molecule has 0 radical (unpaired) electrons. The van der Waals surface area contributed by atoms with Crippen molar-refractivity contribution < 1.29 is 27.8 Å². The fraction of sp³-hybridized carbons (Fsp3) is 0.152. The van der Waals surface area contributed by atoms with Crippen molar-refractivity contribution in [3.05, 3.63) is 103 Å². The second-order valence-corrected chi connectivity index (χ2v) is 12.3. The lowest BCUT2D eigenvalue weighted by Crippen LogP contribution is -2.27. The van der Waals surface area contributed by atoms with Gasteiger partial charge in [-0.3, -0.25) is 14.3 Å². The summed E-state index contributed by atoms with van der Waals surface area (Å²) in [6.07, 6.45) is -3.77. The number of benzene rings is 2. The average molecular weight is 711 g/mol. The van der Waals surface area contributed by atoms with E-state index in [1.807, 2.05) is 0 Å². The van der Waals surface area contributed by atoms with Crippen LogP contribution in [0, 0.1) is 25.2 Å². The molecule has 0 bridgehead atoms. The lowest BCUT2D eigenvalue weighted by molar-refractivity contribution is -0.137. The summed E-state index contributed by atoms with van der Waals surface area (Å²) in [6, 6.07) is 11.8. The summed E-state index contributed by atoms with van der Waals surface area (Å²) in [5.74, 6) is -0.624. The zero-order chi connectivity index (χ0) is 34.5. The monoisotopic (exact) mass is 709 g/mol. The number of ether oxygens (including phenoxy) is 1. The Kier molecular flexibility index (Phi) is 8.59. The number of halogens is 5. The predicted molar refractivity (Wildman–Crippen MR) is 176 cm³/mol. The number of aromatic nitrogens is 4. The summed E-state index contributed by atoms with van der Waals surface area (Å²) < 4.78 is 50.8. The first-order valence-corrected chi connectivity index (χ1v) is 15.6. The van der Waals surface area contributed by atoms with E-state index in [9.17, 15) is 33.1 Å². The van der Waals surface area contributed by atoms with Crippen molar-refractivity contribution in [3.8, 4) is 34.1 Å². The highest BCUT2D eigenvalue weighted by atomic mass is 35.5. The van der Waals surface area contributed by atoms with Crippen molar-refractivity contribution in [3.63, 3.8) is 0 Å². The molecule has 0 spiro atoms. The van der Waals surface area contributed by atoms with E-state index >= 15 is 0 Å². The SMILES string of the molecule is Cc1cc(-c2cc(Cl)ccc2OCCn2c(C)nc3cc(C(F)(F)F)c(-c4ccc(Cl)nc4)c(C#N)c3c2=O)c2scc(C(=O)O)c2n1. The average Bonchev–Trinajstić information content (AvgIpc) is 3.46. The van der Waals surface area contributed by atoms with E-state index in [2.05, 4.69) is 15.0 Å². The molecule has 0 aliphatic heterocycles. The third-order valence-electron chi connectivity index (χ3n) is 7.56. The first-order valence-electron chi connectivity index (χ1n) is 14.0. The number of pyridine rings is 2. The standard InChI is InChI=1S/C33H20Cl2F3N5O4S/c1-15-9-20(30-29(41-15)22(14-48-30)32(45)46)19-10-18(34)4-5-25(19)47-8-7-43-16(2)42-24-11-23(33(36,37)38)27(17-3-6-26(35)40-13-17)21(12-39)28(24)31(43)44/h3-6,9-11,13-14H,7-8H2,1-2H3,(H,45,46). The minimum Gasteiger partial charge on any atom is -0.491 e. The number of carboxylic acids is 1. The second-order valence-electron chi connectivity index (χ2n) is 10.6. The maximum absolute atomic E-state index is 14.3. The van der Waals surface area contributed by atoms with Gasteiger partial charge >= 0.3 is 12.1 Å². The Morgan fingerprint density at radius 2 is 1.88 bits per heavy atom. The summed E-state index contributed by atoms with van der Waals surface area (Å²) >= 11 is 13.4. The summed E-state index contributed by atoms with van der Waals surface area (Å²) in [5, 5.41) is 21.4. The van der Waals surface area contributed by atoms with Crippen molar-refractivity contribution >= 4 is 61.6 Å². The molecule has 6 aromatic rings. The zero-order valence-electron chi connectivity index (χ0n) is 24.8. The molecule has 0 saturated heterocycles. The van der Waals surface area contributed by atoms with Crippen LogP contribution < -0.4 is 10.3 Å². The fourth-order valence-electron chi connectivity index (χ4n) is 5.49.